The molecule has 0 saturated carbocycles. The molecule has 2 heterocycles. The normalized spacial score (nSPS) is 13.5. The Labute approximate surface area is 132 Å². The number of fused-ring (bicyclic) bond motifs is 1. The van der Waals surface area contributed by atoms with Crippen molar-refractivity contribution < 1.29 is 18.7 Å². The molecule has 1 unspecified atom stereocenters. The molecule has 2 aromatic rings. The van der Waals surface area contributed by atoms with Crippen LogP contribution in [-0.2, 0) is 0 Å². The van der Waals surface area contributed by atoms with Crippen LogP contribution in [0.15, 0.2) is 18.3 Å². The summed E-state index contributed by atoms with van der Waals surface area (Å²) < 4.78 is 26.8. The third kappa shape index (κ3) is 4.22. The quantitative estimate of drug-likeness (QED) is 0.853. The maximum Gasteiger partial charge on any atom is 0.297 e. The third-order valence-corrected chi connectivity index (χ3v) is 3.46. The van der Waals surface area contributed by atoms with Crippen LogP contribution in [-0.4, -0.2) is 38.3 Å². The van der Waals surface area contributed by atoms with Crippen LogP contribution in [0.5, 0.6) is 0 Å². The molecule has 0 bridgehead atoms. The van der Waals surface area contributed by atoms with Crippen molar-refractivity contribution in [3.63, 3.8) is 0 Å². The van der Waals surface area contributed by atoms with Crippen molar-refractivity contribution in [3.05, 3.63) is 29.7 Å². The molecule has 0 spiro atoms. The lowest BCUT2D eigenvalue weighted by molar-refractivity contribution is 0.0901. The fraction of sp³-hybridized carbons (Fsp3) is 0.533. The van der Waals surface area contributed by atoms with Gasteiger partial charge in [-0.2, -0.15) is 0 Å². The van der Waals surface area contributed by atoms with Crippen molar-refractivity contribution >= 4 is 11.6 Å². The molecule has 0 aliphatic rings. The first-order chi connectivity index (χ1) is 10.7. The minimum Gasteiger partial charge on any atom is -0.393 e. The summed E-state index contributed by atoms with van der Waals surface area (Å²) in [4.78, 5) is 12.2. The topological polar surface area (TPSA) is 79.5 Å². The number of aromatic nitrogens is 3. The molecule has 126 valence electrons. The van der Waals surface area contributed by atoms with Crippen LogP contribution in [0.1, 0.15) is 49.8 Å². The van der Waals surface area contributed by atoms with Gasteiger partial charge in [-0.3, -0.25) is 9.20 Å². The summed E-state index contributed by atoms with van der Waals surface area (Å²) in [7, 11) is 0. The van der Waals surface area contributed by atoms with E-state index in [4.69, 9.17) is 0 Å². The Morgan fingerprint density at radius 1 is 1.39 bits per heavy atom. The number of halogens is 2. The smallest absolute Gasteiger partial charge is 0.297 e. The van der Waals surface area contributed by atoms with E-state index in [1.54, 1.807) is 6.92 Å². The van der Waals surface area contributed by atoms with Crippen LogP contribution in [0, 0.1) is 5.41 Å². The second kappa shape index (κ2) is 6.57. The molecule has 8 heteroatoms. The van der Waals surface area contributed by atoms with Gasteiger partial charge in [0, 0.05) is 12.7 Å². The number of pyridine rings is 1. The summed E-state index contributed by atoms with van der Waals surface area (Å²) in [5.41, 5.74) is 0.219. The van der Waals surface area contributed by atoms with E-state index in [0.29, 0.717) is 13.0 Å². The Bertz CT molecular complexity index is 698. The fourth-order valence-electron chi connectivity index (χ4n) is 2.49. The molecular weight excluding hydrogens is 306 g/mol. The van der Waals surface area contributed by atoms with Gasteiger partial charge in [-0.05, 0) is 30.9 Å². The highest BCUT2D eigenvalue weighted by Gasteiger charge is 2.22. The monoisotopic (exact) mass is 326 g/mol. The van der Waals surface area contributed by atoms with Gasteiger partial charge in [-0.1, -0.05) is 13.8 Å². The van der Waals surface area contributed by atoms with Gasteiger partial charge in [0.15, 0.2) is 5.65 Å². The van der Waals surface area contributed by atoms with Gasteiger partial charge in [0.2, 0.25) is 5.82 Å². The molecule has 1 amide bonds. The van der Waals surface area contributed by atoms with E-state index in [0.717, 1.165) is 4.40 Å². The zero-order valence-electron chi connectivity index (χ0n) is 13.3. The van der Waals surface area contributed by atoms with E-state index in [9.17, 15) is 18.7 Å². The number of amides is 1. The Kier molecular flexibility index (Phi) is 4.93. The minimum atomic E-state index is -2.77. The molecule has 0 aromatic carbocycles. The lowest BCUT2D eigenvalue weighted by Gasteiger charge is -2.26. The predicted octanol–water partition coefficient (Wildman–Crippen LogP) is 2.19. The van der Waals surface area contributed by atoms with Crippen molar-refractivity contribution in [2.24, 2.45) is 5.41 Å². The first-order valence-electron chi connectivity index (χ1n) is 7.29. The van der Waals surface area contributed by atoms with E-state index in [1.165, 1.54) is 18.3 Å². The standard InChI is InChI=1S/C15H20F2N4O2/c1-9(22)6-15(2,3)8-18-14(23)10-4-5-11-19-20-13(12(16)17)21(11)7-10/h4-5,7,9,12,22H,6,8H2,1-3H3,(H,18,23). The van der Waals surface area contributed by atoms with Gasteiger partial charge in [0.05, 0.1) is 11.7 Å². The number of aliphatic hydroxyl groups is 1. The Morgan fingerprint density at radius 2 is 2.09 bits per heavy atom. The van der Waals surface area contributed by atoms with Crippen LogP contribution in [0.3, 0.4) is 0 Å². The minimum absolute atomic E-state index is 0.243. The molecular formula is C15H20F2N4O2. The Balaban J connectivity index is 2.13. The second-order valence-corrected chi connectivity index (χ2v) is 6.40. The summed E-state index contributed by atoms with van der Waals surface area (Å²) in [6.45, 7) is 5.91. The summed E-state index contributed by atoms with van der Waals surface area (Å²) in [6, 6.07) is 2.98. The Hall–Kier alpha value is -2.09. The van der Waals surface area contributed by atoms with Crippen molar-refractivity contribution in [2.45, 2.75) is 39.7 Å². The maximum absolute atomic E-state index is 12.8. The van der Waals surface area contributed by atoms with Gasteiger partial charge in [0.25, 0.3) is 12.3 Å². The number of hydrogen-bond donors (Lipinski definition) is 2. The number of carbonyl (C=O) groups excluding carboxylic acids is 1. The van der Waals surface area contributed by atoms with Gasteiger partial charge >= 0.3 is 0 Å². The molecule has 2 rings (SSSR count). The van der Waals surface area contributed by atoms with Crippen molar-refractivity contribution in [3.8, 4) is 0 Å². The average Bonchev–Trinajstić information content (AvgIpc) is 2.86. The van der Waals surface area contributed by atoms with E-state index in [-0.39, 0.29) is 22.5 Å². The third-order valence-electron chi connectivity index (χ3n) is 3.46. The second-order valence-electron chi connectivity index (χ2n) is 6.40. The van der Waals surface area contributed by atoms with Crippen LogP contribution in [0.25, 0.3) is 5.65 Å². The molecule has 0 aliphatic heterocycles. The van der Waals surface area contributed by atoms with Gasteiger partial charge in [0.1, 0.15) is 0 Å². The summed E-state index contributed by atoms with van der Waals surface area (Å²) in [5.74, 6) is -0.872. The highest BCUT2D eigenvalue weighted by molar-refractivity contribution is 5.94. The van der Waals surface area contributed by atoms with E-state index in [2.05, 4.69) is 15.5 Å². The predicted molar refractivity (Wildman–Crippen MR) is 80.4 cm³/mol. The van der Waals surface area contributed by atoms with E-state index >= 15 is 0 Å². The van der Waals surface area contributed by atoms with E-state index < -0.39 is 18.4 Å². The average molecular weight is 326 g/mol. The van der Waals surface area contributed by atoms with Gasteiger partial charge in [-0.15, -0.1) is 10.2 Å². The molecule has 1 atom stereocenters. The van der Waals surface area contributed by atoms with Crippen molar-refractivity contribution in [2.75, 3.05) is 6.54 Å². The zero-order valence-corrected chi connectivity index (χ0v) is 13.3. The molecule has 0 aliphatic carbocycles. The molecule has 0 fully saturated rings. The molecule has 2 aromatic heterocycles. The lowest BCUT2D eigenvalue weighted by atomic mass is 9.87. The molecule has 2 N–H and O–H groups in total. The first kappa shape index (κ1) is 17.3. The van der Waals surface area contributed by atoms with Crippen molar-refractivity contribution in [1.29, 1.82) is 0 Å². The highest BCUT2D eigenvalue weighted by Crippen LogP contribution is 2.21. The number of hydrogen-bond acceptors (Lipinski definition) is 4. The summed E-state index contributed by atoms with van der Waals surface area (Å²) in [5, 5.41) is 19.3. The molecule has 6 nitrogen and oxygen atoms in total. The van der Waals surface area contributed by atoms with Crippen LogP contribution >= 0.6 is 0 Å². The largest absolute Gasteiger partial charge is 0.393 e. The molecule has 23 heavy (non-hydrogen) atoms. The number of carbonyl (C=O) groups is 1. The lowest BCUT2D eigenvalue weighted by Crippen LogP contribution is -2.35. The number of rotatable bonds is 6. The highest BCUT2D eigenvalue weighted by atomic mass is 19.3. The van der Waals surface area contributed by atoms with Crippen LogP contribution in [0.4, 0.5) is 8.78 Å². The molecule has 0 saturated heterocycles. The maximum atomic E-state index is 12.8. The number of nitrogens with zero attached hydrogens (tertiary/aromatic N) is 3. The fourth-order valence-corrected chi connectivity index (χ4v) is 2.49. The summed E-state index contributed by atoms with van der Waals surface area (Å²) >= 11 is 0. The van der Waals surface area contributed by atoms with Crippen LogP contribution < -0.4 is 5.32 Å². The number of nitrogens with one attached hydrogen (secondary N) is 1. The first-order valence-corrected chi connectivity index (χ1v) is 7.29. The zero-order chi connectivity index (χ0) is 17.2. The van der Waals surface area contributed by atoms with Crippen molar-refractivity contribution in [1.82, 2.24) is 19.9 Å². The van der Waals surface area contributed by atoms with Gasteiger partial charge < -0.3 is 10.4 Å². The molecule has 0 radical (unpaired) electrons. The van der Waals surface area contributed by atoms with Gasteiger partial charge in [-0.25, -0.2) is 8.78 Å². The number of aliphatic hydroxyl groups excluding tert-OH is 1. The summed E-state index contributed by atoms with van der Waals surface area (Å²) in [6.07, 6.45) is -1.40. The van der Waals surface area contributed by atoms with E-state index in [1.807, 2.05) is 13.8 Å². The SMILES string of the molecule is CC(O)CC(C)(C)CNC(=O)c1ccc2nnc(C(F)F)n2c1. The van der Waals surface area contributed by atoms with Crippen LogP contribution in [0.2, 0.25) is 0 Å². The Morgan fingerprint density at radius 3 is 2.70 bits per heavy atom. The number of alkyl halides is 2.